The molecule has 0 aliphatic carbocycles. The van der Waals surface area contributed by atoms with Crippen molar-refractivity contribution in [3.05, 3.63) is 69.0 Å². The van der Waals surface area contributed by atoms with E-state index in [-0.39, 0.29) is 11.8 Å². The molecule has 0 bridgehead atoms. The van der Waals surface area contributed by atoms with Gasteiger partial charge in [0.25, 0.3) is 5.56 Å². The third-order valence-corrected chi connectivity index (χ3v) is 6.13. The summed E-state index contributed by atoms with van der Waals surface area (Å²) in [4.78, 5) is 38.7. The van der Waals surface area contributed by atoms with Crippen molar-refractivity contribution in [2.75, 3.05) is 6.61 Å². The van der Waals surface area contributed by atoms with Crippen LogP contribution in [0.5, 0.6) is 0 Å². The minimum Gasteiger partial charge on any atom is -0.459 e. The molecule has 2 saturated heterocycles. The van der Waals surface area contributed by atoms with Crippen molar-refractivity contribution in [3.8, 4) is 11.5 Å². The average molecular weight is 487 g/mol. The number of hydrogen-bond acceptors (Lipinski definition) is 8. The first-order valence-electron chi connectivity index (χ1n) is 10.2. The molecule has 0 radical (unpaired) electrons. The molecule has 2 aliphatic rings. The topological polar surface area (TPSA) is 109 Å². The SMILES string of the molecule is C[Si](C)(C)C#C[C@]12OC(=S)O[C@H]1[C@H](n1ccc(=O)[nH]c1=O)O[C@@H]2COC(=O)c1ccccc1. The quantitative estimate of drug-likeness (QED) is 0.301. The third-order valence-electron chi connectivity index (χ3n) is 5.07. The van der Waals surface area contributed by atoms with Gasteiger partial charge in [-0.25, -0.2) is 9.59 Å². The molecular weight excluding hydrogens is 464 g/mol. The number of H-pyrrole nitrogens is 1. The summed E-state index contributed by atoms with van der Waals surface area (Å²) in [5.74, 6) is 2.60. The van der Waals surface area contributed by atoms with Crippen molar-refractivity contribution in [1.82, 2.24) is 9.55 Å². The Balaban J connectivity index is 1.71. The number of hydrogen-bond donors (Lipinski definition) is 1. The first kappa shape index (κ1) is 23.0. The summed E-state index contributed by atoms with van der Waals surface area (Å²) in [6.45, 7) is 5.96. The highest BCUT2D eigenvalue weighted by Crippen LogP contribution is 2.45. The molecule has 0 unspecified atom stereocenters. The number of nitrogens with zero attached hydrogens (tertiary/aromatic N) is 1. The second-order valence-corrected chi connectivity index (χ2v) is 13.8. The standard InChI is InChI=1S/C22H22N2O7SSi/c1-33(2,3)12-10-22-15(13-28-19(26)14-7-5-4-6-8-14)29-18(17(22)30-21(32)31-22)24-11-9-16(25)23-20(24)27/h4-9,11,15,17-18H,13H2,1-3H3,(H,23,25,27)/t15-,17+,18-,22-/m1/s1. The summed E-state index contributed by atoms with van der Waals surface area (Å²) < 4.78 is 24.4. The van der Waals surface area contributed by atoms with Crippen LogP contribution in [-0.2, 0) is 18.9 Å². The molecule has 33 heavy (non-hydrogen) atoms. The lowest BCUT2D eigenvalue weighted by molar-refractivity contribution is -0.0744. The normalized spacial score (nSPS) is 25.9. The smallest absolute Gasteiger partial charge is 0.354 e. The molecule has 11 heteroatoms. The Morgan fingerprint density at radius 2 is 1.97 bits per heavy atom. The Hall–Kier alpha value is -3.20. The number of fused-ring (bicyclic) bond motifs is 1. The van der Waals surface area contributed by atoms with Gasteiger partial charge < -0.3 is 18.9 Å². The number of ether oxygens (including phenoxy) is 4. The van der Waals surface area contributed by atoms with Crippen LogP contribution >= 0.6 is 12.2 Å². The lowest BCUT2D eigenvalue weighted by Gasteiger charge is -2.25. The first-order chi connectivity index (χ1) is 15.6. The van der Waals surface area contributed by atoms with E-state index in [0.717, 1.165) is 0 Å². The second kappa shape index (κ2) is 8.62. The van der Waals surface area contributed by atoms with E-state index in [9.17, 15) is 14.4 Å². The Bertz CT molecular complexity index is 1260. The van der Waals surface area contributed by atoms with E-state index in [4.69, 9.17) is 31.2 Å². The van der Waals surface area contributed by atoms with E-state index >= 15 is 0 Å². The van der Waals surface area contributed by atoms with Gasteiger partial charge in [0.1, 0.15) is 20.8 Å². The molecule has 3 heterocycles. The van der Waals surface area contributed by atoms with E-state index in [2.05, 4.69) is 36.1 Å². The maximum atomic E-state index is 12.5. The zero-order valence-electron chi connectivity index (χ0n) is 18.2. The van der Waals surface area contributed by atoms with Crippen LogP contribution in [0.2, 0.25) is 19.6 Å². The van der Waals surface area contributed by atoms with Crippen LogP contribution in [0.1, 0.15) is 16.6 Å². The van der Waals surface area contributed by atoms with Gasteiger partial charge in [-0.3, -0.25) is 14.3 Å². The molecule has 2 aromatic rings. The van der Waals surface area contributed by atoms with Gasteiger partial charge in [-0.2, -0.15) is 0 Å². The predicted molar refractivity (Wildman–Crippen MR) is 124 cm³/mol. The fraction of sp³-hybridized carbons (Fsp3) is 0.364. The molecule has 1 aromatic heterocycles. The van der Waals surface area contributed by atoms with Gasteiger partial charge in [-0.1, -0.05) is 43.8 Å². The summed E-state index contributed by atoms with van der Waals surface area (Å²) in [6, 6.07) is 9.70. The third kappa shape index (κ3) is 4.63. The van der Waals surface area contributed by atoms with Crippen LogP contribution in [0.4, 0.5) is 0 Å². The monoisotopic (exact) mass is 486 g/mol. The average Bonchev–Trinajstić information content (AvgIpc) is 3.23. The Morgan fingerprint density at radius 1 is 1.24 bits per heavy atom. The van der Waals surface area contributed by atoms with Crippen LogP contribution in [0.3, 0.4) is 0 Å². The number of rotatable bonds is 4. The van der Waals surface area contributed by atoms with Gasteiger partial charge >= 0.3 is 16.9 Å². The number of thiocarbonyl (C=S) groups is 1. The van der Waals surface area contributed by atoms with Crippen molar-refractivity contribution < 1.29 is 23.7 Å². The Morgan fingerprint density at radius 3 is 2.64 bits per heavy atom. The van der Waals surface area contributed by atoms with Gasteiger partial charge in [0.2, 0.25) is 11.7 Å². The zero-order chi connectivity index (χ0) is 23.8. The van der Waals surface area contributed by atoms with E-state index < -0.39 is 49.3 Å². The maximum Gasteiger partial charge on any atom is 0.354 e. The fourth-order valence-electron chi connectivity index (χ4n) is 3.54. The molecule has 0 amide bonds. The molecule has 172 valence electrons. The number of esters is 1. The summed E-state index contributed by atoms with van der Waals surface area (Å²) in [5.41, 5.74) is 0.991. The number of nitrogens with one attached hydrogen (secondary N) is 1. The number of carbonyl (C=O) groups is 1. The summed E-state index contributed by atoms with van der Waals surface area (Å²) in [7, 11) is -1.88. The van der Waals surface area contributed by atoms with E-state index in [1.54, 1.807) is 30.3 Å². The molecule has 2 fully saturated rings. The van der Waals surface area contributed by atoms with Crippen molar-refractivity contribution in [2.45, 2.75) is 43.7 Å². The molecule has 4 rings (SSSR count). The molecule has 9 nitrogen and oxygen atoms in total. The van der Waals surface area contributed by atoms with Gasteiger partial charge in [0.15, 0.2) is 6.23 Å². The first-order valence-corrected chi connectivity index (χ1v) is 14.1. The second-order valence-electron chi connectivity index (χ2n) is 8.68. The fourth-order valence-corrected chi connectivity index (χ4v) is 4.36. The maximum absolute atomic E-state index is 12.5. The van der Waals surface area contributed by atoms with Crippen LogP contribution in [0, 0.1) is 11.5 Å². The van der Waals surface area contributed by atoms with Crippen LogP contribution in [0.25, 0.3) is 0 Å². The lowest BCUT2D eigenvalue weighted by atomic mass is 9.93. The van der Waals surface area contributed by atoms with E-state index in [1.807, 2.05) is 0 Å². The van der Waals surface area contributed by atoms with Gasteiger partial charge in [-0.15, -0.1) is 5.54 Å². The highest BCUT2D eigenvalue weighted by atomic mass is 32.1. The summed E-state index contributed by atoms with van der Waals surface area (Å²) >= 11 is 5.17. The van der Waals surface area contributed by atoms with E-state index in [0.29, 0.717) is 5.56 Å². The largest absolute Gasteiger partial charge is 0.459 e. The minimum atomic E-state index is -1.88. The number of aromatic nitrogens is 2. The van der Waals surface area contributed by atoms with Crippen LogP contribution in [0.15, 0.2) is 52.2 Å². The molecule has 2 aliphatic heterocycles. The Kier molecular flexibility index (Phi) is 6.00. The lowest BCUT2D eigenvalue weighted by Crippen LogP contribution is -2.47. The van der Waals surface area contributed by atoms with Crippen molar-refractivity contribution in [1.29, 1.82) is 0 Å². The minimum absolute atomic E-state index is 0.143. The molecule has 4 atom stereocenters. The van der Waals surface area contributed by atoms with Crippen LogP contribution < -0.4 is 11.2 Å². The molecule has 1 N–H and O–H groups in total. The van der Waals surface area contributed by atoms with Crippen molar-refractivity contribution in [3.63, 3.8) is 0 Å². The summed E-state index contributed by atoms with van der Waals surface area (Å²) in [6.07, 6.45) is -1.56. The highest BCUT2D eigenvalue weighted by molar-refractivity contribution is 7.79. The highest BCUT2D eigenvalue weighted by Gasteiger charge is 2.66. The number of benzene rings is 1. The van der Waals surface area contributed by atoms with Crippen molar-refractivity contribution >= 4 is 31.5 Å². The van der Waals surface area contributed by atoms with Gasteiger partial charge in [-0.05, 0) is 12.1 Å². The van der Waals surface area contributed by atoms with E-state index in [1.165, 1.54) is 16.8 Å². The molecule has 0 saturated carbocycles. The van der Waals surface area contributed by atoms with Crippen LogP contribution in [-0.4, -0.2) is 53.2 Å². The molecular formula is C22H22N2O7SSi. The Labute approximate surface area is 195 Å². The van der Waals surface area contributed by atoms with Gasteiger partial charge in [0.05, 0.1) is 5.56 Å². The van der Waals surface area contributed by atoms with Crippen molar-refractivity contribution in [2.24, 2.45) is 0 Å². The van der Waals surface area contributed by atoms with Gasteiger partial charge in [0, 0.05) is 24.5 Å². The number of carbonyl (C=O) groups excluding carboxylic acids is 1. The molecule has 1 aromatic carbocycles. The summed E-state index contributed by atoms with van der Waals surface area (Å²) in [5, 5.41) is -0.143. The number of aromatic amines is 1. The molecule has 0 spiro atoms. The predicted octanol–water partition coefficient (Wildman–Crippen LogP) is 1.61. The zero-order valence-corrected chi connectivity index (χ0v) is 20.0.